The average Bonchev–Trinajstić information content (AvgIpc) is 3.42. The average molecular weight is 464 g/mol. The number of nitrogens with zero attached hydrogens (tertiary/aromatic N) is 2. The minimum Gasteiger partial charge on any atom is -0.486 e. The number of fused-ring (bicyclic) bond motifs is 3. The number of carbonyl (C=O) groups is 1. The molecule has 3 aliphatic rings. The molecule has 0 saturated carbocycles. The predicted molar refractivity (Wildman–Crippen MR) is 120 cm³/mol. The van der Waals surface area contributed by atoms with E-state index in [1.54, 1.807) is 30.1 Å². The second kappa shape index (κ2) is 7.99. The highest BCUT2D eigenvalue weighted by molar-refractivity contribution is 5.98. The van der Waals surface area contributed by atoms with Crippen molar-refractivity contribution in [3.05, 3.63) is 77.4 Å². The van der Waals surface area contributed by atoms with E-state index in [0.717, 1.165) is 23.1 Å². The lowest BCUT2D eigenvalue weighted by atomic mass is 10.0. The van der Waals surface area contributed by atoms with Crippen LogP contribution in [0.25, 0.3) is 11.1 Å². The summed E-state index contributed by atoms with van der Waals surface area (Å²) in [5, 5.41) is 0. The van der Waals surface area contributed by atoms with Gasteiger partial charge in [0.15, 0.2) is 11.5 Å². The van der Waals surface area contributed by atoms with Gasteiger partial charge in [-0.1, -0.05) is 12.1 Å². The molecule has 3 heterocycles. The smallest absolute Gasteiger partial charge is 0.257 e. The van der Waals surface area contributed by atoms with Gasteiger partial charge in [-0.2, -0.15) is 0 Å². The Hall–Kier alpha value is -3.65. The zero-order valence-electron chi connectivity index (χ0n) is 18.5. The first kappa shape index (κ1) is 20.9. The number of hydrogen-bond acceptors (Lipinski definition) is 5. The van der Waals surface area contributed by atoms with Crippen LogP contribution >= 0.6 is 0 Å². The molecule has 8 heteroatoms. The van der Waals surface area contributed by atoms with Crippen LogP contribution in [0.5, 0.6) is 17.2 Å². The number of carbonyl (C=O) groups excluding carboxylic acids is 1. The summed E-state index contributed by atoms with van der Waals surface area (Å²) in [5.74, 6) is 0.457. The molecule has 3 aromatic carbocycles. The van der Waals surface area contributed by atoms with E-state index in [1.165, 1.54) is 12.1 Å². The second-order valence-corrected chi connectivity index (χ2v) is 8.86. The molecule has 0 aliphatic carbocycles. The van der Waals surface area contributed by atoms with Gasteiger partial charge in [-0.05, 0) is 47.5 Å². The fourth-order valence-corrected chi connectivity index (χ4v) is 4.94. The highest BCUT2D eigenvalue weighted by Gasteiger charge is 2.42. The third-order valence-corrected chi connectivity index (χ3v) is 6.71. The van der Waals surface area contributed by atoms with Crippen molar-refractivity contribution >= 4 is 5.91 Å². The van der Waals surface area contributed by atoms with E-state index in [0.29, 0.717) is 36.5 Å². The number of likely N-dealkylation sites (tertiary alicyclic amines) is 1. The molecule has 0 aromatic heterocycles. The fraction of sp³-hybridized carbons (Fsp3) is 0.269. The predicted octanol–water partition coefficient (Wildman–Crippen LogP) is 4.08. The molecular weight excluding hydrogens is 442 g/mol. The van der Waals surface area contributed by atoms with Crippen molar-refractivity contribution in [3.63, 3.8) is 0 Å². The maximum Gasteiger partial charge on any atom is 0.257 e. The first-order valence-corrected chi connectivity index (χ1v) is 11.1. The molecule has 0 bridgehead atoms. The number of ether oxygens (including phenoxy) is 3. The molecular formula is C26H22F2N2O4. The SMILES string of the molecule is CN1C(=O)c2ccc(-c3ccc(F)cc3F)cc2OC2CN(Cc3ccc4c(c3)OCO4)CC21. The van der Waals surface area contributed by atoms with Crippen molar-refractivity contribution in [2.75, 3.05) is 26.9 Å². The van der Waals surface area contributed by atoms with E-state index in [2.05, 4.69) is 4.90 Å². The summed E-state index contributed by atoms with van der Waals surface area (Å²) in [6.45, 7) is 2.21. The summed E-state index contributed by atoms with van der Waals surface area (Å²) in [6, 6.07) is 14.2. The van der Waals surface area contributed by atoms with Crippen molar-refractivity contribution in [1.29, 1.82) is 0 Å². The second-order valence-electron chi connectivity index (χ2n) is 8.86. The fourth-order valence-electron chi connectivity index (χ4n) is 4.94. The monoisotopic (exact) mass is 464 g/mol. The minimum absolute atomic E-state index is 0.125. The van der Waals surface area contributed by atoms with E-state index in [9.17, 15) is 13.6 Å². The van der Waals surface area contributed by atoms with Crippen LogP contribution in [0.2, 0.25) is 0 Å². The van der Waals surface area contributed by atoms with Gasteiger partial charge >= 0.3 is 0 Å². The van der Waals surface area contributed by atoms with Crippen molar-refractivity contribution in [2.45, 2.75) is 18.7 Å². The number of rotatable bonds is 3. The normalized spacial score (nSPS) is 21.1. The standard InChI is InChI=1S/C26H22F2N2O4/c1-29-21-12-30(11-15-2-7-22-24(8-15)33-14-32-22)13-25(21)34-23-9-16(3-5-19(23)26(29)31)18-6-4-17(27)10-20(18)28/h2-10,21,25H,11-14H2,1H3. The summed E-state index contributed by atoms with van der Waals surface area (Å²) in [4.78, 5) is 17.2. The number of hydrogen-bond donors (Lipinski definition) is 0. The number of amides is 1. The van der Waals surface area contributed by atoms with Crippen LogP contribution in [0, 0.1) is 11.6 Å². The molecule has 0 spiro atoms. The van der Waals surface area contributed by atoms with Gasteiger partial charge in [0.25, 0.3) is 5.91 Å². The Balaban J connectivity index is 1.26. The number of likely N-dealkylation sites (N-methyl/N-ethyl adjacent to an activating group) is 1. The lowest BCUT2D eigenvalue weighted by molar-refractivity contribution is 0.0682. The first-order valence-electron chi connectivity index (χ1n) is 11.1. The van der Waals surface area contributed by atoms with Gasteiger partial charge in [-0.3, -0.25) is 9.69 Å². The molecule has 1 saturated heterocycles. The highest BCUT2D eigenvalue weighted by Crippen LogP contribution is 2.36. The molecule has 3 aromatic rings. The molecule has 174 valence electrons. The zero-order valence-corrected chi connectivity index (χ0v) is 18.5. The molecule has 0 N–H and O–H groups in total. The largest absolute Gasteiger partial charge is 0.486 e. The van der Waals surface area contributed by atoms with E-state index < -0.39 is 11.6 Å². The summed E-state index contributed by atoms with van der Waals surface area (Å²) >= 11 is 0. The maximum atomic E-state index is 14.4. The van der Waals surface area contributed by atoms with Gasteiger partial charge in [0.2, 0.25) is 6.79 Å². The lowest BCUT2D eigenvalue weighted by Gasteiger charge is -2.25. The lowest BCUT2D eigenvalue weighted by Crippen LogP contribution is -2.44. The van der Waals surface area contributed by atoms with Crippen molar-refractivity contribution < 1.29 is 27.8 Å². The Morgan fingerprint density at radius 3 is 2.59 bits per heavy atom. The molecule has 34 heavy (non-hydrogen) atoms. The molecule has 2 unspecified atom stereocenters. The van der Waals surface area contributed by atoms with Gasteiger partial charge in [0.05, 0.1) is 11.6 Å². The van der Waals surface area contributed by atoms with Crippen molar-refractivity contribution in [3.8, 4) is 28.4 Å². The van der Waals surface area contributed by atoms with Crippen LogP contribution in [0.15, 0.2) is 54.6 Å². The Bertz CT molecular complexity index is 1300. The summed E-state index contributed by atoms with van der Waals surface area (Å²) in [6.07, 6.45) is -0.238. The third kappa shape index (κ3) is 3.54. The molecule has 3 aliphatic heterocycles. The van der Waals surface area contributed by atoms with Crippen LogP contribution in [-0.2, 0) is 6.54 Å². The Labute approximate surface area is 195 Å². The molecule has 0 radical (unpaired) electrons. The van der Waals surface area contributed by atoms with E-state index in [-0.39, 0.29) is 30.4 Å². The van der Waals surface area contributed by atoms with Crippen LogP contribution in [0.1, 0.15) is 15.9 Å². The van der Waals surface area contributed by atoms with Crippen LogP contribution in [0.3, 0.4) is 0 Å². The van der Waals surface area contributed by atoms with E-state index >= 15 is 0 Å². The first-order chi connectivity index (χ1) is 16.5. The van der Waals surface area contributed by atoms with Crippen LogP contribution < -0.4 is 14.2 Å². The van der Waals surface area contributed by atoms with E-state index in [4.69, 9.17) is 14.2 Å². The van der Waals surface area contributed by atoms with Crippen molar-refractivity contribution in [2.24, 2.45) is 0 Å². The quantitative estimate of drug-likeness (QED) is 0.585. The summed E-state index contributed by atoms with van der Waals surface area (Å²) in [5.41, 5.74) is 2.31. The number of halogens is 2. The van der Waals surface area contributed by atoms with Crippen LogP contribution in [-0.4, -0.2) is 54.8 Å². The van der Waals surface area contributed by atoms with Crippen molar-refractivity contribution in [1.82, 2.24) is 9.80 Å². The maximum absolute atomic E-state index is 14.4. The van der Waals surface area contributed by atoms with Gasteiger partial charge in [0.1, 0.15) is 23.5 Å². The zero-order chi connectivity index (χ0) is 23.4. The van der Waals surface area contributed by atoms with Gasteiger partial charge in [0, 0.05) is 38.3 Å². The van der Waals surface area contributed by atoms with Gasteiger partial charge in [-0.15, -0.1) is 0 Å². The topological polar surface area (TPSA) is 51.2 Å². The Kier molecular flexibility index (Phi) is 4.91. The Morgan fingerprint density at radius 1 is 0.912 bits per heavy atom. The summed E-state index contributed by atoms with van der Waals surface area (Å²) < 4.78 is 44.9. The Morgan fingerprint density at radius 2 is 1.74 bits per heavy atom. The minimum atomic E-state index is -0.661. The molecule has 1 fully saturated rings. The van der Waals surface area contributed by atoms with Crippen LogP contribution in [0.4, 0.5) is 8.78 Å². The van der Waals surface area contributed by atoms with Gasteiger partial charge < -0.3 is 19.1 Å². The summed E-state index contributed by atoms with van der Waals surface area (Å²) in [7, 11) is 1.79. The molecule has 6 nitrogen and oxygen atoms in total. The third-order valence-electron chi connectivity index (χ3n) is 6.71. The molecule has 1 amide bonds. The van der Waals surface area contributed by atoms with Gasteiger partial charge in [-0.25, -0.2) is 8.78 Å². The molecule has 6 rings (SSSR count). The highest BCUT2D eigenvalue weighted by atomic mass is 19.1. The molecule has 2 atom stereocenters. The van der Waals surface area contributed by atoms with E-state index in [1.807, 2.05) is 18.2 Å². The number of benzene rings is 3.